The Hall–Kier alpha value is -2.82. The van der Waals surface area contributed by atoms with Crippen LogP contribution in [-0.2, 0) is 4.79 Å². The van der Waals surface area contributed by atoms with Gasteiger partial charge in [0, 0.05) is 23.4 Å². The van der Waals surface area contributed by atoms with Gasteiger partial charge in [0.15, 0.2) is 0 Å². The average molecular weight is 298 g/mol. The van der Waals surface area contributed by atoms with Gasteiger partial charge in [0.2, 0.25) is 5.91 Å². The molecule has 0 atom stereocenters. The Morgan fingerprint density at radius 2 is 1.45 bits per heavy atom. The number of hydrogen-bond acceptors (Lipinski definition) is 3. The van der Waals surface area contributed by atoms with E-state index in [1.54, 1.807) is 62.6 Å². The summed E-state index contributed by atoms with van der Waals surface area (Å²) in [6, 6.07) is 13.8. The molecule has 0 aliphatic rings. The van der Waals surface area contributed by atoms with E-state index in [-0.39, 0.29) is 11.8 Å². The van der Waals surface area contributed by atoms with Gasteiger partial charge in [-0.1, -0.05) is 6.92 Å². The fraction of sp³-hybridized carbons (Fsp3) is 0.176. The summed E-state index contributed by atoms with van der Waals surface area (Å²) in [5, 5.41) is 5.55. The van der Waals surface area contributed by atoms with Gasteiger partial charge in [0.1, 0.15) is 5.75 Å². The third-order valence-corrected chi connectivity index (χ3v) is 3.10. The van der Waals surface area contributed by atoms with E-state index in [9.17, 15) is 9.59 Å². The number of hydrogen-bond donors (Lipinski definition) is 2. The number of carbonyl (C=O) groups excluding carboxylic acids is 2. The zero-order chi connectivity index (χ0) is 15.9. The molecule has 2 aromatic carbocycles. The molecule has 2 rings (SSSR count). The van der Waals surface area contributed by atoms with Gasteiger partial charge < -0.3 is 15.4 Å². The van der Waals surface area contributed by atoms with Crippen LogP contribution in [0.15, 0.2) is 48.5 Å². The maximum absolute atomic E-state index is 12.1. The van der Waals surface area contributed by atoms with E-state index in [0.29, 0.717) is 29.1 Å². The molecule has 0 unspecified atom stereocenters. The molecule has 0 radical (unpaired) electrons. The van der Waals surface area contributed by atoms with E-state index in [2.05, 4.69) is 10.6 Å². The van der Waals surface area contributed by atoms with E-state index in [1.165, 1.54) is 0 Å². The van der Waals surface area contributed by atoms with Gasteiger partial charge in [-0.3, -0.25) is 9.59 Å². The largest absolute Gasteiger partial charge is 0.497 e. The van der Waals surface area contributed by atoms with Crippen molar-refractivity contribution in [2.24, 2.45) is 0 Å². The normalized spacial score (nSPS) is 9.91. The minimum absolute atomic E-state index is 0.0463. The van der Waals surface area contributed by atoms with Gasteiger partial charge in [-0.15, -0.1) is 0 Å². The van der Waals surface area contributed by atoms with Crippen LogP contribution in [0.3, 0.4) is 0 Å². The Balaban J connectivity index is 2.00. The lowest BCUT2D eigenvalue weighted by Gasteiger charge is -2.08. The zero-order valence-corrected chi connectivity index (χ0v) is 12.6. The molecule has 2 amide bonds. The summed E-state index contributed by atoms with van der Waals surface area (Å²) >= 11 is 0. The highest BCUT2D eigenvalue weighted by molar-refractivity contribution is 6.04. The van der Waals surface area contributed by atoms with E-state index < -0.39 is 0 Å². The molecule has 0 saturated carbocycles. The molecule has 0 aliphatic carbocycles. The highest BCUT2D eigenvalue weighted by Gasteiger charge is 2.06. The predicted molar refractivity (Wildman–Crippen MR) is 86.3 cm³/mol. The first-order valence-corrected chi connectivity index (χ1v) is 6.97. The number of nitrogens with one attached hydrogen (secondary N) is 2. The minimum Gasteiger partial charge on any atom is -0.497 e. The van der Waals surface area contributed by atoms with E-state index in [0.717, 1.165) is 0 Å². The summed E-state index contributed by atoms with van der Waals surface area (Å²) in [5.41, 5.74) is 1.91. The van der Waals surface area contributed by atoms with Crippen LogP contribution in [0.4, 0.5) is 11.4 Å². The van der Waals surface area contributed by atoms with Crippen LogP contribution in [-0.4, -0.2) is 18.9 Å². The maximum atomic E-state index is 12.1. The second-order valence-electron chi connectivity index (χ2n) is 4.66. The van der Waals surface area contributed by atoms with Crippen molar-refractivity contribution in [3.8, 4) is 5.75 Å². The summed E-state index contributed by atoms with van der Waals surface area (Å²) in [6.45, 7) is 1.79. The Bertz CT molecular complexity index is 649. The summed E-state index contributed by atoms with van der Waals surface area (Å²) in [4.78, 5) is 23.4. The molecule has 114 valence electrons. The monoisotopic (exact) mass is 298 g/mol. The van der Waals surface area contributed by atoms with Crippen molar-refractivity contribution >= 4 is 23.2 Å². The lowest BCUT2D eigenvalue weighted by atomic mass is 10.2. The first-order chi connectivity index (χ1) is 10.6. The minimum atomic E-state index is -0.201. The van der Waals surface area contributed by atoms with Crippen LogP contribution >= 0.6 is 0 Å². The third-order valence-electron chi connectivity index (χ3n) is 3.10. The molecule has 5 heteroatoms. The molecular weight excluding hydrogens is 280 g/mol. The average Bonchev–Trinajstić information content (AvgIpc) is 2.56. The molecule has 0 saturated heterocycles. The molecule has 2 aromatic rings. The fourth-order valence-electron chi connectivity index (χ4n) is 1.83. The summed E-state index contributed by atoms with van der Waals surface area (Å²) in [5.74, 6) is 0.454. The van der Waals surface area contributed by atoms with Crippen LogP contribution in [0.2, 0.25) is 0 Å². The van der Waals surface area contributed by atoms with Crippen LogP contribution in [0.1, 0.15) is 23.7 Å². The Morgan fingerprint density at radius 3 is 1.95 bits per heavy atom. The lowest BCUT2D eigenvalue weighted by Crippen LogP contribution is -2.12. The first kappa shape index (κ1) is 15.6. The van der Waals surface area contributed by atoms with Crippen molar-refractivity contribution < 1.29 is 14.3 Å². The smallest absolute Gasteiger partial charge is 0.255 e. The Labute approximate surface area is 129 Å². The summed E-state index contributed by atoms with van der Waals surface area (Å²) < 4.78 is 5.06. The molecule has 2 N–H and O–H groups in total. The van der Waals surface area contributed by atoms with Crippen LogP contribution < -0.4 is 15.4 Å². The van der Waals surface area contributed by atoms with Gasteiger partial charge in [-0.05, 0) is 48.5 Å². The highest BCUT2D eigenvalue weighted by Crippen LogP contribution is 2.16. The predicted octanol–water partition coefficient (Wildman–Crippen LogP) is 3.30. The molecule has 0 spiro atoms. The molecular formula is C17H18N2O3. The van der Waals surface area contributed by atoms with Gasteiger partial charge in [0.05, 0.1) is 7.11 Å². The van der Waals surface area contributed by atoms with E-state index >= 15 is 0 Å². The highest BCUT2D eigenvalue weighted by atomic mass is 16.5. The second kappa shape index (κ2) is 7.26. The number of benzene rings is 2. The molecule has 0 heterocycles. The van der Waals surface area contributed by atoms with Crippen molar-refractivity contribution in [2.75, 3.05) is 17.7 Å². The van der Waals surface area contributed by atoms with Crippen molar-refractivity contribution in [2.45, 2.75) is 13.3 Å². The van der Waals surface area contributed by atoms with Crippen molar-refractivity contribution in [1.29, 1.82) is 0 Å². The van der Waals surface area contributed by atoms with E-state index in [1.807, 2.05) is 0 Å². The Morgan fingerprint density at radius 1 is 0.909 bits per heavy atom. The second-order valence-corrected chi connectivity index (χ2v) is 4.66. The number of anilines is 2. The number of rotatable bonds is 5. The molecule has 22 heavy (non-hydrogen) atoms. The van der Waals surface area contributed by atoms with Crippen molar-refractivity contribution in [3.05, 3.63) is 54.1 Å². The van der Waals surface area contributed by atoms with Gasteiger partial charge >= 0.3 is 0 Å². The maximum Gasteiger partial charge on any atom is 0.255 e. The Kier molecular flexibility index (Phi) is 5.14. The van der Waals surface area contributed by atoms with Crippen LogP contribution in [0.25, 0.3) is 0 Å². The van der Waals surface area contributed by atoms with Crippen LogP contribution in [0.5, 0.6) is 5.75 Å². The molecule has 0 aliphatic heterocycles. The standard InChI is InChI=1S/C17H18N2O3/c1-3-16(20)18-13-6-8-14(9-7-13)19-17(21)12-4-10-15(22-2)11-5-12/h4-11H,3H2,1-2H3,(H,18,20)(H,19,21). The summed E-state index contributed by atoms with van der Waals surface area (Å²) in [6.07, 6.45) is 0.427. The van der Waals surface area contributed by atoms with Crippen molar-refractivity contribution in [3.63, 3.8) is 0 Å². The first-order valence-electron chi connectivity index (χ1n) is 6.97. The fourth-order valence-corrected chi connectivity index (χ4v) is 1.83. The molecule has 0 bridgehead atoms. The number of amides is 2. The lowest BCUT2D eigenvalue weighted by molar-refractivity contribution is -0.115. The zero-order valence-electron chi connectivity index (χ0n) is 12.6. The van der Waals surface area contributed by atoms with Gasteiger partial charge in [-0.25, -0.2) is 0 Å². The molecule has 5 nitrogen and oxygen atoms in total. The third kappa shape index (κ3) is 4.09. The molecule has 0 fully saturated rings. The molecule has 0 aromatic heterocycles. The number of carbonyl (C=O) groups is 2. The SMILES string of the molecule is CCC(=O)Nc1ccc(NC(=O)c2ccc(OC)cc2)cc1. The van der Waals surface area contributed by atoms with Crippen LogP contribution in [0, 0.1) is 0 Å². The summed E-state index contributed by atoms with van der Waals surface area (Å²) in [7, 11) is 1.58. The van der Waals surface area contributed by atoms with E-state index in [4.69, 9.17) is 4.74 Å². The number of methoxy groups -OCH3 is 1. The topological polar surface area (TPSA) is 67.4 Å². The number of ether oxygens (including phenoxy) is 1. The van der Waals surface area contributed by atoms with Gasteiger partial charge in [-0.2, -0.15) is 0 Å². The van der Waals surface area contributed by atoms with Crippen molar-refractivity contribution in [1.82, 2.24) is 0 Å². The van der Waals surface area contributed by atoms with Gasteiger partial charge in [0.25, 0.3) is 5.91 Å². The quantitative estimate of drug-likeness (QED) is 0.890.